The molecular formula is C18H21BrN2O3. The molecule has 5 nitrogen and oxygen atoms in total. The number of aliphatic hydroxyl groups is 1. The van der Waals surface area contributed by atoms with E-state index in [1.165, 1.54) is 0 Å². The maximum Gasteiger partial charge on any atom is 0.227 e. The molecule has 2 aromatic rings. The zero-order chi connectivity index (χ0) is 17.7. The number of halogens is 1. The van der Waals surface area contributed by atoms with Crippen molar-refractivity contribution < 1.29 is 14.6 Å². The van der Waals surface area contributed by atoms with Crippen molar-refractivity contribution >= 4 is 21.8 Å². The SMILES string of the molecule is COc1ccc(Br)c(C(CO)N(C)C(=O)Cc2cnccc2C)c1. The Morgan fingerprint density at radius 2 is 2.17 bits per heavy atom. The molecule has 128 valence electrons. The molecule has 1 atom stereocenters. The van der Waals surface area contributed by atoms with Gasteiger partial charge in [-0.15, -0.1) is 0 Å². The summed E-state index contributed by atoms with van der Waals surface area (Å²) in [7, 11) is 3.28. The predicted octanol–water partition coefficient (Wildman–Crippen LogP) is 2.90. The Labute approximate surface area is 150 Å². The van der Waals surface area contributed by atoms with Gasteiger partial charge in [-0.1, -0.05) is 15.9 Å². The summed E-state index contributed by atoms with van der Waals surface area (Å²) in [6.07, 6.45) is 3.65. The second kappa shape index (κ2) is 8.26. The standard InChI is InChI=1S/C18H21BrN2O3/c1-12-6-7-20-10-13(12)8-18(23)21(2)17(11-22)15-9-14(24-3)4-5-16(15)19/h4-7,9-10,17,22H,8,11H2,1-3H3. The molecule has 0 saturated carbocycles. The zero-order valence-electron chi connectivity index (χ0n) is 14.0. The number of pyridine rings is 1. The summed E-state index contributed by atoms with van der Waals surface area (Å²) in [6.45, 7) is 1.77. The van der Waals surface area contributed by atoms with Gasteiger partial charge in [-0.2, -0.15) is 0 Å². The fraction of sp³-hybridized carbons (Fsp3) is 0.333. The second-order valence-electron chi connectivity index (χ2n) is 5.57. The molecule has 1 unspecified atom stereocenters. The van der Waals surface area contributed by atoms with Crippen LogP contribution in [-0.4, -0.2) is 41.7 Å². The van der Waals surface area contributed by atoms with E-state index in [2.05, 4.69) is 20.9 Å². The molecule has 1 aromatic carbocycles. The van der Waals surface area contributed by atoms with E-state index >= 15 is 0 Å². The van der Waals surface area contributed by atoms with Gasteiger partial charge in [-0.05, 0) is 47.9 Å². The maximum absolute atomic E-state index is 12.6. The Morgan fingerprint density at radius 3 is 2.79 bits per heavy atom. The molecule has 1 aromatic heterocycles. The van der Waals surface area contributed by atoms with Gasteiger partial charge in [0.05, 0.1) is 26.2 Å². The molecule has 6 heteroatoms. The van der Waals surface area contributed by atoms with Crippen LogP contribution in [0.15, 0.2) is 41.1 Å². The summed E-state index contributed by atoms with van der Waals surface area (Å²) in [5, 5.41) is 9.84. The van der Waals surface area contributed by atoms with Gasteiger partial charge in [0.2, 0.25) is 5.91 Å². The monoisotopic (exact) mass is 392 g/mol. The summed E-state index contributed by atoms with van der Waals surface area (Å²) in [4.78, 5) is 18.3. The van der Waals surface area contributed by atoms with Gasteiger partial charge in [0, 0.05) is 23.9 Å². The molecule has 0 spiro atoms. The lowest BCUT2D eigenvalue weighted by atomic mass is 10.0. The van der Waals surface area contributed by atoms with Gasteiger partial charge in [-0.25, -0.2) is 0 Å². The Morgan fingerprint density at radius 1 is 1.42 bits per heavy atom. The van der Waals surface area contributed by atoms with E-state index in [-0.39, 0.29) is 18.9 Å². The maximum atomic E-state index is 12.6. The number of aryl methyl sites for hydroxylation is 1. The highest BCUT2D eigenvalue weighted by molar-refractivity contribution is 9.10. The largest absolute Gasteiger partial charge is 0.497 e. The molecule has 0 aliphatic carbocycles. The lowest BCUT2D eigenvalue weighted by molar-refractivity contribution is -0.132. The third-order valence-corrected chi connectivity index (χ3v) is 4.81. The summed E-state index contributed by atoms with van der Waals surface area (Å²) < 4.78 is 6.06. The van der Waals surface area contributed by atoms with Crippen molar-refractivity contribution in [3.05, 3.63) is 57.8 Å². The van der Waals surface area contributed by atoms with Crippen LogP contribution in [0.5, 0.6) is 5.75 Å². The third kappa shape index (κ3) is 4.13. The molecule has 0 bridgehead atoms. The quantitative estimate of drug-likeness (QED) is 0.820. The molecule has 0 fully saturated rings. The first kappa shape index (κ1) is 18.4. The van der Waals surface area contributed by atoms with Crippen LogP contribution < -0.4 is 4.74 Å². The van der Waals surface area contributed by atoms with Crippen molar-refractivity contribution in [3.63, 3.8) is 0 Å². The van der Waals surface area contributed by atoms with E-state index in [0.717, 1.165) is 21.2 Å². The average Bonchev–Trinajstić information content (AvgIpc) is 2.59. The number of rotatable bonds is 6. The number of aromatic nitrogens is 1. The average molecular weight is 393 g/mol. The van der Waals surface area contributed by atoms with Gasteiger partial charge in [-0.3, -0.25) is 9.78 Å². The Balaban J connectivity index is 2.24. The van der Waals surface area contributed by atoms with Gasteiger partial charge < -0.3 is 14.7 Å². The van der Waals surface area contributed by atoms with Gasteiger partial charge in [0.1, 0.15) is 5.75 Å². The third-order valence-electron chi connectivity index (χ3n) is 4.09. The van der Waals surface area contributed by atoms with Crippen molar-refractivity contribution in [1.82, 2.24) is 9.88 Å². The number of hydrogen-bond donors (Lipinski definition) is 1. The number of methoxy groups -OCH3 is 1. The lowest BCUT2D eigenvalue weighted by Crippen LogP contribution is -2.34. The molecule has 2 rings (SSSR count). The highest BCUT2D eigenvalue weighted by Crippen LogP contribution is 2.31. The molecule has 24 heavy (non-hydrogen) atoms. The first-order chi connectivity index (χ1) is 11.5. The zero-order valence-corrected chi connectivity index (χ0v) is 15.6. The Bertz CT molecular complexity index is 721. The molecule has 0 saturated heterocycles. The first-order valence-electron chi connectivity index (χ1n) is 7.57. The molecule has 1 N–H and O–H groups in total. The second-order valence-corrected chi connectivity index (χ2v) is 6.42. The summed E-state index contributed by atoms with van der Waals surface area (Å²) in [6, 6.07) is 6.91. The van der Waals surface area contributed by atoms with Crippen molar-refractivity contribution in [1.29, 1.82) is 0 Å². The molecule has 0 radical (unpaired) electrons. The summed E-state index contributed by atoms with van der Waals surface area (Å²) >= 11 is 3.48. The normalized spacial score (nSPS) is 11.9. The van der Waals surface area contributed by atoms with E-state index in [0.29, 0.717) is 5.75 Å². The van der Waals surface area contributed by atoms with Crippen molar-refractivity contribution in [2.24, 2.45) is 0 Å². The molecule has 1 amide bonds. The Kier molecular flexibility index (Phi) is 6.34. The van der Waals surface area contributed by atoms with E-state index in [9.17, 15) is 9.90 Å². The number of nitrogens with zero attached hydrogens (tertiary/aromatic N) is 2. The van der Waals surface area contributed by atoms with Crippen LogP contribution in [0.2, 0.25) is 0 Å². The molecular weight excluding hydrogens is 372 g/mol. The topological polar surface area (TPSA) is 62.7 Å². The fourth-order valence-electron chi connectivity index (χ4n) is 2.48. The van der Waals surface area contributed by atoms with Gasteiger partial charge in [0.15, 0.2) is 0 Å². The fourth-order valence-corrected chi connectivity index (χ4v) is 2.99. The van der Waals surface area contributed by atoms with Crippen molar-refractivity contribution in [3.8, 4) is 5.75 Å². The number of likely N-dealkylation sites (N-methyl/N-ethyl adjacent to an activating group) is 1. The number of hydrogen-bond acceptors (Lipinski definition) is 4. The molecule has 0 aliphatic rings. The highest BCUT2D eigenvalue weighted by Gasteiger charge is 2.24. The van der Waals surface area contributed by atoms with E-state index in [1.54, 1.807) is 31.5 Å². The minimum absolute atomic E-state index is 0.0835. The van der Waals surface area contributed by atoms with Crippen molar-refractivity contribution in [2.75, 3.05) is 20.8 Å². The van der Waals surface area contributed by atoms with Crippen LogP contribution in [0.1, 0.15) is 22.7 Å². The molecule has 1 heterocycles. The lowest BCUT2D eigenvalue weighted by Gasteiger charge is -2.28. The number of amides is 1. The number of carbonyl (C=O) groups is 1. The van der Waals surface area contributed by atoms with Crippen LogP contribution in [-0.2, 0) is 11.2 Å². The predicted molar refractivity (Wildman–Crippen MR) is 96.0 cm³/mol. The van der Waals surface area contributed by atoms with Gasteiger partial charge in [0.25, 0.3) is 0 Å². The van der Waals surface area contributed by atoms with Gasteiger partial charge >= 0.3 is 0 Å². The Hall–Kier alpha value is -1.92. The van der Waals surface area contributed by atoms with E-state index in [4.69, 9.17) is 4.74 Å². The summed E-state index contributed by atoms with van der Waals surface area (Å²) in [5.41, 5.74) is 2.71. The number of aliphatic hydroxyl groups excluding tert-OH is 1. The first-order valence-corrected chi connectivity index (χ1v) is 8.36. The van der Waals surface area contributed by atoms with Crippen LogP contribution >= 0.6 is 15.9 Å². The minimum atomic E-state index is -0.459. The van der Waals surface area contributed by atoms with Crippen LogP contribution in [0.3, 0.4) is 0 Å². The van der Waals surface area contributed by atoms with E-state index < -0.39 is 6.04 Å². The molecule has 0 aliphatic heterocycles. The number of benzene rings is 1. The highest BCUT2D eigenvalue weighted by atomic mass is 79.9. The van der Waals surface area contributed by atoms with Crippen LogP contribution in [0, 0.1) is 6.92 Å². The van der Waals surface area contributed by atoms with Crippen LogP contribution in [0.4, 0.5) is 0 Å². The summed E-state index contributed by atoms with van der Waals surface area (Å²) in [5.74, 6) is 0.593. The number of ether oxygens (including phenoxy) is 1. The smallest absolute Gasteiger partial charge is 0.227 e. The van der Waals surface area contributed by atoms with E-state index in [1.807, 2.05) is 31.2 Å². The van der Waals surface area contributed by atoms with Crippen molar-refractivity contribution in [2.45, 2.75) is 19.4 Å². The number of carbonyl (C=O) groups excluding carboxylic acids is 1. The van der Waals surface area contributed by atoms with Crippen LogP contribution in [0.25, 0.3) is 0 Å². The minimum Gasteiger partial charge on any atom is -0.497 e.